The first-order valence-corrected chi connectivity index (χ1v) is 9.93. The fourth-order valence-electron chi connectivity index (χ4n) is 3.95. The monoisotopic (exact) mass is 384 g/mol. The van der Waals surface area contributed by atoms with Gasteiger partial charge in [0.2, 0.25) is 0 Å². The average Bonchev–Trinajstić information content (AvgIpc) is 3.48. The highest BCUT2D eigenvalue weighted by Crippen LogP contribution is 2.27. The summed E-state index contributed by atoms with van der Waals surface area (Å²) >= 11 is 0. The maximum Gasteiger partial charge on any atom is 0.255 e. The summed E-state index contributed by atoms with van der Waals surface area (Å²) in [5, 5.41) is 7.70. The SMILES string of the molecule is c1nc(N2CCC(NCCc3noc([C@H]4CCCO4)n3)CC2)c2[nH]cnc2n1. The van der Waals surface area contributed by atoms with Crippen LogP contribution in [0.15, 0.2) is 17.2 Å². The summed E-state index contributed by atoms with van der Waals surface area (Å²) in [6.07, 6.45) is 8.15. The van der Waals surface area contributed by atoms with Crippen molar-refractivity contribution in [3.8, 4) is 0 Å². The van der Waals surface area contributed by atoms with E-state index in [-0.39, 0.29) is 6.10 Å². The van der Waals surface area contributed by atoms with E-state index in [0.29, 0.717) is 17.6 Å². The Hall–Kier alpha value is -2.59. The lowest BCUT2D eigenvalue weighted by atomic mass is 10.0. The molecule has 0 aliphatic carbocycles. The molecule has 3 aromatic heterocycles. The summed E-state index contributed by atoms with van der Waals surface area (Å²) < 4.78 is 10.9. The number of H-pyrrole nitrogens is 1. The van der Waals surface area contributed by atoms with Crippen molar-refractivity contribution < 1.29 is 9.26 Å². The maximum absolute atomic E-state index is 5.59. The fourth-order valence-corrected chi connectivity index (χ4v) is 3.95. The van der Waals surface area contributed by atoms with E-state index in [1.807, 2.05) is 0 Å². The number of fused-ring (bicyclic) bond motifs is 1. The summed E-state index contributed by atoms with van der Waals surface area (Å²) in [7, 11) is 0. The lowest BCUT2D eigenvalue weighted by molar-refractivity contribution is 0.0835. The zero-order chi connectivity index (χ0) is 18.8. The summed E-state index contributed by atoms with van der Waals surface area (Å²) in [6.45, 7) is 3.53. The molecule has 2 aliphatic rings. The van der Waals surface area contributed by atoms with E-state index in [1.54, 1.807) is 12.7 Å². The number of aromatic amines is 1. The van der Waals surface area contributed by atoms with Crippen LogP contribution in [0.5, 0.6) is 0 Å². The Bertz CT molecular complexity index is 911. The molecule has 0 radical (unpaired) electrons. The molecule has 10 nitrogen and oxygen atoms in total. The second kappa shape index (κ2) is 7.80. The molecule has 2 N–H and O–H groups in total. The highest BCUT2D eigenvalue weighted by Gasteiger charge is 2.24. The maximum atomic E-state index is 5.59. The number of rotatable bonds is 6. The number of imidazole rings is 1. The number of hydrogen-bond acceptors (Lipinski definition) is 9. The van der Waals surface area contributed by atoms with Crippen LogP contribution in [-0.2, 0) is 11.2 Å². The van der Waals surface area contributed by atoms with E-state index in [9.17, 15) is 0 Å². The van der Waals surface area contributed by atoms with Gasteiger partial charge >= 0.3 is 0 Å². The molecule has 148 valence electrons. The summed E-state index contributed by atoms with van der Waals surface area (Å²) in [5.41, 5.74) is 1.63. The normalized spacial score (nSPS) is 21.0. The van der Waals surface area contributed by atoms with Crippen LogP contribution in [0.1, 0.15) is 43.5 Å². The molecule has 2 aliphatic heterocycles. The van der Waals surface area contributed by atoms with Crippen LogP contribution in [0.3, 0.4) is 0 Å². The predicted octanol–water partition coefficient (Wildman–Crippen LogP) is 1.39. The van der Waals surface area contributed by atoms with Gasteiger partial charge in [-0.2, -0.15) is 4.98 Å². The quantitative estimate of drug-likeness (QED) is 0.650. The number of aromatic nitrogens is 6. The third-order valence-corrected chi connectivity index (χ3v) is 5.47. The number of nitrogens with one attached hydrogen (secondary N) is 2. The van der Waals surface area contributed by atoms with Crippen molar-refractivity contribution in [1.82, 2.24) is 35.4 Å². The second-order valence-corrected chi connectivity index (χ2v) is 7.31. The largest absolute Gasteiger partial charge is 0.368 e. The van der Waals surface area contributed by atoms with Gasteiger partial charge in [0.15, 0.2) is 17.3 Å². The van der Waals surface area contributed by atoms with E-state index in [2.05, 4.69) is 40.3 Å². The zero-order valence-corrected chi connectivity index (χ0v) is 15.7. The highest BCUT2D eigenvalue weighted by atomic mass is 16.5. The van der Waals surface area contributed by atoms with Gasteiger partial charge in [0.25, 0.3) is 5.89 Å². The zero-order valence-electron chi connectivity index (χ0n) is 15.7. The first kappa shape index (κ1) is 17.5. The minimum atomic E-state index is -0.0123. The van der Waals surface area contributed by atoms with Crippen LogP contribution in [0.25, 0.3) is 11.2 Å². The van der Waals surface area contributed by atoms with E-state index >= 15 is 0 Å². The van der Waals surface area contributed by atoms with Crippen LogP contribution in [0.4, 0.5) is 5.82 Å². The van der Waals surface area contributed by atoms with Crippen molar-refractivity contribution in [2.24, 2.45) is 0 Å². The Morgan fingerprint density at radius 1 is 1.18 bits per heavy atom. The lowest BCUT2D eigenvalue weighted by Gasteiger charge is -2.33. The third-order valence-electron chi connectivity index (χ3n) is 5.47. The minimum Gasteiger partial charge on any atom is -0.368 e. The van der Waals surface area contributed by atoms with Gasteiger partial charge < -0.3 is 24.5 Å². The van der Waals surface area contributed by atoms with E-state index in [0.717, 1.165) is 75.5 Å². The van der Waals surface area contributed by atoms with Crippen LogP contribution in [0, 0.1) is 0 Å². The van der Waals surface area contributed by atoms with Gasteiger partial charge in [0.1, 0.15) is 17.9 Å². The summed E-state index contributed by atoms with van der Waals surface area (Å²) in [4.78, 5) is 22.8. The molecule has 2 fully saturated rings. The molecule has 10 heteroatoms. The van der Waals surface area contributed by atoms with Crippen molar-refractivity contribution in [1.29, 1.82) is 0 Å². The first-order valence-electron chi connectivity index (χ1n) is 9.93. The van der Waals surface area contributed by atoms with Crippen molar-refractivity contribution in [2.45, 2.75) is 44.2 Å². The number of piperidine rings is 1. The Kier molecular flexibility index (Phi) is 4.88. The standard InChI is InChI=1S/C18H24N8O2/c1-2-13(27-9-1)18-24-14(25-28-18)3-6-19-12-4-7-26(8-5-12)17-15-16(21-10-20-15)22-11-23-17/h10-13,19H,1-9H2,(H,20,21,22,23)/t13-/m1/s1. The molecule has 0 saturated carbocycles. The highest BCUT2D eigenvalue weighted by molar-refractivity contribution is 5.82. The molecule has 0 unspecified atom stereocenters. The van der Waals surface area contributed by atoms with Gasteiger partial charge in [-0.15, -0.1) is 0 Å². The Morgan fingerprint density at radius 3 is 2.96 bits per heavy atom. The van der Waals surface area contributed by atoms with Crippen molar-refractivity contribution in [3.63, 3.8) is 0 Å². The van der Waals surface area contributed by atoms with Gasteiger partial charge in [-0.3, -0.25) is 0 Å². The third kappa shape index (κ3) is 3.57. The van der Waals surface area contributed by atoms with Gasteiger partial charge in [-0.25, -0.2) is 15.0 Å². The Morgan fingerprint density at radius 2 is 2.11 bits per heavy atom. The molecule has 5 rings (SSSR count). The topological polar surface area (TPSA) is 118 Å². The molecule has 3 aromatic rings. The molecule has 0 bridgehead atoms. The first-order chi connectivity index (χ1) is 13.9. The van der Waals surface area contributed by atoms with Crippen LogP contribution in [0.2, 0.25) is 0 Å². The Balaban J connectivity index is 1.10. The van der Waals surface area contributed by atoms with Crippen LogP contribution < -0.4 is 10.2 Å². The lowest BCUT2D eigenvalue weighted by Crippen LogP contribution is -2.43. The predicted molar refractivity (Wildman–Crippen MR) is 101 cm³/mol. The minimum absolute atomic E-state index is 0.0123. The van der Waals surface area contributed by atoms with E-state index < -0.39 is 0 Å². The number of ether oxygens (including phenoxy) is 1. The smallest absolute Gasteiger partial charge is 0.255 e. The molecule has 0 amide bonds. The molecule has 1 atom stereocenters. The van der Waals surface area contributed by atoms with Gasteiger partial charge in [0.05, 0.1) is 6.33 Å². The molecule has 0 spiro atoms. The van der Waals surface area contributed by atoms with Gasteiger partial charge in [-0.05, 0) is 25.7 Å². The van der Waals surface area contributed by atoms with Crippen molar-refractivity contribution in [2.75, 3.05) is 31.1 Å². The molecule has 5 heterocycles. The molecule has 2 saturated heterocycles. The van der Waals surface area contributed by atoms with Crippen LogP contribution >= 0.6 is 0 Å². The van der Waals surface area contributed by atoms with Crippen molar-refractivity contribution >= 4 is 17.0 Å². The molecular formula is C18H24N8O2. The van der Waals surface area contributed by atoms with Gasteiger partial charge in [0, 0.05) is 38.7 Å². The number of nitrogens with zero attached hydrogens (tertiary/aromatic N) is 6. The molecular weight excluding hydrogens is 360 g/mol. The Labute approximate surface area is 162 Å². The summed E-state index contributed by atoms with van der Waals surface area (Å²) in [6, 6.07) is 0.486. The number of hydrogen-bond donors (Lipinski definition) is 2. The molecule has 28 heavy (non-hydrogen) atoms. The molecule has 0 aromatic carbocycles. The second-order valence-electron chi connectivity index (χ2n) is 7.31. The number of anilines is 1. The van der Waals surface area contributed by atoms with Crippen LogP contribution in [-0.4, -0.2) is 62.4 Å². The van der Waals surface area contributed by atoms with Crippen molar-refractivity contribution in [3.05, 3.63) is 24.4 Å². The van der Waals surface area contributed by atoms with E-state index in [4.69, 9.17) is 9.26 Å². The summed E-state index contributed by atoms with van der Waals surface area (Å²) in [5.74, 6) is 2.31. The van der Waals surface area contributed by atoms with E-state index in [1.165, 1.54) is 0 Å². The van der Waals surface area contributed by atoms with Gasteiger partial charge in [-0.1, -0.05) is 5.16 Å². The average molecular weight is 384 g/mol. The fraction of sp³-hybridized carbons (Fsp3) is 0.611.